The molecule has 0 bridgehead atoms. The number of hydrogen-bond acceptors (Lipinski definition) is 4. The Labute approximate surface area is 170 Å². The number of amides is 1. The number of benzene rings is 2. The van der Waals surface area contributed by atoms with Gasteiger partial charge in [0.25, 0.3) is 0 Å². The number of thioether (sulfide) groups is 1. The Balaban J connectivity index is 1.65. The van der Waals surface area contributed by atoms with Gasteiger partial charge in [-0.2, -0.15) is 0 Å². The van der Waals surface area contributed by atoms with Crippen molar-refractivity contribution >= 4 is 23.4 Å². The fourth-order valence-corrected chi connectivity index (χ4v) is 3.83. The molecule has 0 aliphatic carbocycles. The van der Waals surface area contributed by atoms with Crippen LogP contribution in [0.2, 0.25) is 0 Å². The van der Waals surface area contributed by atoms with E-state index in [2.05, 4.69) is 46.1 Å². The SMILES string of the molecule is CCCn1c(Cc2ccccc2)nnc1SCC(=O)Nc1ccccc1CC. The Kier molecular flexibility index (Phi) is 7.25. The number of nitrogens with one attached hydrogen (secondary N) is 1. The number of anilines is 1. The summed E-state index contributed by atoms with van der Waals surface area (Å²) in [4.78, 5) is 12.4. The van der Waals surface area contributed by atoms with Crippen LogP contribution in [-0.4, -0.2) is 26.4 Å². The Hall–Kier alpha value is -2.60. The summed E-state index contributed by atoms with van der Waals surface area (Å²) in [5.74, 6) is 1.22. The highest BCUT2D eigenvalue weighted by atomic mass is 32.2. The summed E-state index contributed by atoms with van der Waals surface area (Å²) in [7, 11) is 0. The Morgan fingerprint density at radius 1 is 1.04 bits per heavy atom. The minimum atomic E-state index is -0.0263. The number of carbonyl (C=O) groups is 1. The van der Waals surface area contributed by atoms with Gasteiger partial charge in [0, 0.05) is 18.7 Å². The Bertz CT molecular complexity index is 908. The predicted molar refractivity (Wildman–Crippen MR) is 115 cm³/mol. The van der Waals surface area contributed by atoms with Gasteiger partial charge in [-0.25, -0.2) is 0 Å². The molecule has 3 rings (SSSR count). The molecule has 0 unspecified atom stereocenters. The fourth-order valence-electron chi connectivity index (χ4n) is 3.05. The topological polar surface area (TPSA) is 59.8 Å². The van der Waals surface area contributed by atoms with E-state index in [1.165, 1.54) is 17.3 Å². The molecule has 0 atom stereocenters. The maximum atomic E-state index is 12.4. The molecule has 0 radical (unpaired) electrons. The monoisotopic (exact) mass is 394 g/mol. The van der Waals surface area contributed by atoms with E-state index in [0.717, 1.165) is 48.0 Å². The van der Waals surface area contributed by atoms with Crippen molar-refractivity contribution in [2.75, 3.05) is 11.1 Å². The first-order chi connectivity index (χ1) is 13.7. The summed E-state index contributed by atoms with van der Waals surface area (Å²) in [6.45, 7) is 5.06. The molecule has 0 fully saturated rings. The summed E-state index contributed by atoms with van der Waals surface area (Å²) < 4.78 is 2.13. The fraction of sp³-hybridized carbons (Fsp3) is 0.318. The van der Waals surface area contributed by atoms with Crippen LogP contribution >= 0.6 is 11.8 Å². The van der Waals surface area contributed by atoms with Gasteiger partial charge in [0.15, 0.2) is 5.16 Å². The van der Waals surface area contributed by atoms with Gasteiger partial charge < -0.3 is 9.88 Å². The van der Waals surface area contributed by atoms with E-state index >= 15 is 0 Å². The van der Waals surface area contributed by atoms with Gasteiger partial charge in [0.1, 0.15) is 5.82 Å². The van der Waals surface area contributed by atoms with Crippen LogP contribution in [0.5, 0.6) is 0 Å². The van der Waals surface area contributed by atoms with E-state index in [1.807, 2.05) is 42.5 Å². The third-order valence-corrected chi connectivity index (χ3v) is 5.42. The van der Waals surface area contributed by atoms with E-state index in [4.69, 9.17) is 0 Å². The first-order valence-electron chi connectivity index (χ1n) is 9.67. The van der Waals surface area contributed by atoms with Gasteiger partial charge in [-0.05, 0) is 30.0 Å². The van der Waals surface area contributed by atoms with Crippen molar-refractivity contribution in [3.05, 3.63) is 71.5 Å². The average molecular weight is 395 g/mol. The third kappa shape index (κ3) is 5.23. The molecule has 5 nitrogen and oxygen atoms in total. The lowest BCUT2D eigenvalue weighted by Gasteiger charge is -2.10. The molecule has 0 aliphatic heterocycles. The van der Waals surface area contributed by atoms with E-state index in [0.29, 0.717) is 5.75 Å². The van der Waals surface area contributed by atoms with Gasteiger partial charge in [-0.3, -0.25) is 4.79 Å². The molecule has 146 valence electrons. The normalized spacial score (nSPS) is 10.8. The van der Waals surface area contributed by atoms with E-state index in [9.17, 15) is 4.79 Å². The second-order valence-electron chi connectivity index (χ2n) is 6.56. The molecule has 28 heavy (non-hydrogen) atoms. The second-order valence-corrected chi connectivity index (χ2v) is 7.50. The first kappa shape index (κ1) is 20.1. The second kappa shape index (κ2) is 10.1. The van der Waals surface area contributed by atoms with E-state index in [-0.39, 0.29) is 5.91 Å². The molecule has 0 aliphatic rings. The molecular weight excluding hydrogens is 368 g/mol. The van der Waals surface area contributed by atoms with Crippen molar-refractivity contribution in [1.82, 2.24) is 14.8 Å². The molecule has 0 saturated heterocycles. The van der Waals surface area contributed by atoms with Gasteiger partial charge in [0.05, 0.1) is 5.75 Å². The zero-order chi connectivity index (χ0) is 19.8. The lowest BCUT2D eigenvalue weighted by atomic mass is 10.1. The summed E-state index contributed by atoms with van der Waals surface area (Å²) in [6, 6.07) is 18.2. The number of nitrogens with zero attached hydrogens (tertiary/aromatic N) is 3. The summed E-state index contributed by atoms with van der Waals surface area (Å²) in [5, 5.41) is 12.5. The van der Waals surface area contributed by atoms with Crippen molar-refractivity contribution < 1.29 is 4.79 Å². The molecule has 6 heteroatoms. The van der Waals surface area contributed by atoms with Crippen LogP contribution in [0, 0.1) is 0 Å². The lowest BCUT2D eigenvalue weighted by Crippen LogP contribution is -2.16. The minimum absolute atomic E-state index is 0.0263. The highest BCUT2D eigenvalue weighted by molar-refractivity contribution is 7.99. The van der Waals surface area contributed by atoms with Gasteiger partial charge in [-0.15, -0.1) is 10.2 Å². The van der Waals surface area contributed by atoms with Crippen LogP contribution in [0.25, 0.3) is 0 Å². The Morgan fingerprint density at radius 3 is 2.54 bits per heavy atom. The van der Waals surface area contributed by atoms with Crippen molar-refractivity contribution in [2.24, 2.45) is 0 Å². The van der Waals surface area contributed by atoms with Crippen molar-refractivity contribution in [3.63, 3.8) is 0 Å². The Morgan fingerprint density at radius 2 is 1.79 bits per heavy atom. The lowest BCUT2D eigenvalue weighted by molar-refractivity contribution is -0.113. The molecule has 3 aromatic rings. The average Bonchev–Trinajstić information content (AvgIpc) is 3.09. The molecule has 1 amide bonds. The summed E-state index contributed by atoms with van der Waals surface area (Å²) >= 11 is 1.44. The predicted octanol–water partition coefficient (Wildman–Crippen LogP) is 4.57. The van der Waals surface area contributed by atoms with Crippen molar-refractivity contribution in [2.45, 2.75) is 44.8 Å². The zero-order valence-corrected chi connectivity index (χ0v) is 17.2. The van der Waals surface area contributed by atoms with Gasteiger partial charge in [0.2, 0.25) is 5.91 Å². The quantitative estimate of drug-likeness (QED) is 0.540. The van der Waals surface area contributed by atoms with Gasteiger partial charge in [-0.1, -0.05) is 74.1 Å². The molecule has 1 heterocycles. The van der Waals surface area contributed by atoms with Crippen LogP contribution in [0.4, 0.5) is 5.69 Å². The molecule has 2 aromatic carbocycles. The molecular formula is C22H26N4OS. The van der Waals surface area contributed by atoms with Crippen LogP contribution < -0.4 is 5.32 Å². The number of aryl methyl sites for hydroxylation is 1. The molecule has 0 spiro atoms. The van der Waals surface area contributed by atoms with Crippen LogP contribution in [0.3, 0.4) is 0 Å². The number of para-hydroxylation sites is 1. The number of hydrogen-bond donors (Lipinski definition) is 1. The highest BCUT2D eigenvalue weighted by Gasteiger charge is 2.14. The third-order valence-electron chi connectivity index (χ3n) is 4.45. The number of carbonyl (C=O) groups excluding carboxylic acids is 1. The van der Waals surface area contributed by atoms with Crippen LogP contribution in [0.1, 0.15) is 37.2 Å². The molecule has 1 N–H and O–H groups in total. The maximum absolute atomic E-state index is 12.4. The maximum Gasteiger partial charge on any atom is 0.234 e. The zero-order valence-electron chi connectivity index (χ0n) is 16.4. The van der Waals surface area contributed by atoms with Crippen LogP contribution in [-0.2, 0) is 24.2 Å². The summed E-state index contributed by atoms with van der Waals surface area (Å²) in [6.07, 6.45) is 2.62. The van der Waals surface area contributed by atoms with Crippen molar-refractivity contribution in [3.8, 4) is 0 Å². The highest BCUT2D eigenvalue weighted by Crippen LogP contribution is 2.21. The number of rotatable bonds is 9. The van der Waals surface area contributed by atoms with Crippen LogP contribution in [0.15, 0.2) is 59.8 Å². The van der Waals surface area contributed by atoms with Gasteiger partial charge >= 0.3 is 0 Å². The smallest absolute Gasteiger partial charge is 0.234 e. The van der Waals surface area contributed by atoms with E-state index in [1.54, 1.807) is 0 Å². The molecule has 0 saturated carbocycles. The van der Waals surface area contributed by atoms with E-state index < -0.39 is 0 Å². The minimum Gasteiger partial charge on any atom is -0.325 e. The largest absolute Gasteiger partial charge is 0.325 e. The van der Waals surface area contributed by atoms with Crippen molar-refractivity contribution in [1.29, 1.82) is 0 Å². The summed E-state index contributed by atoms with van der Waals surface area (Å²) in [5.41, 5.74) is 3.23. The molecule has 1 aromatic heterocycles. The first-order valence-corrected chi connectivity index (χ1v) is 10.7. The standard InChI is InChI=1S/C22H26N4OS/c1-3-14-26-20(15-17-10-6-5-7-11-17)24-25-22(26)28-16-21(27)23-19-13-9-8-12-18(19)4-2/h5-13H,3-4,14-16H2,1-2H3,(H,23,27). The number of aromatic nitrogens is 3.